The fourth-order valence-corrected chi connectivity index (χ4v) is 2.80. The Hall–Kier alpha value is -1.50. The van der Waals surface area contributed by atoms with Crippen LogP contribution in [0.3, 0.4) is 0 Å². The number of rotatable bonds is 4. The van der Waals surface area contributed by atoms with Gasteiger partial charge in [-0.1, -0.05) is 63.3 Å². The highest BCUT2D eigenvalue weighted by Gasteiger charge is 2.38. The molecule has 1 aromatic rings. The molecule has 0 aromatic heterocycles. The van der Waals surface area contributed by atoms with Gasteiger partial charge in [-0.05, 0) is 12.0 Å². The quantitative estimate of drug-likeness (QED) is 0.762. The fourth-order valence-electron chi connectivity index (χ4n) is 2.80. The fraction of sp³-hybridized carbons (Fsp3) is 0.412. The molecule has 0 amide bonds. The van der Waals surface area contributed by atoms with Crippen molar-refractivity contribution in [3.8, 4) is 5.75 Å². The maximum atomic E-state index is 5.55. The molecule has 0 saturated heterocycles. The van der Waals surface area contributed by atoms with Crippen molar-refractivity contribution in [3.05, 3.63) is 54.1 Å². The van der Waals surface area contributed by atoms with Crippen molar-refractivity contribution < 1.29 is 4.74 Å². The van der Waals surface area contributed by atoms with Crippen molar-refractivity contribution in [1.82, 2.24) is 0 Å². The monoisotopic (exact) mass is 242 g/mol. The summed E-state index contributed by atoms with van der Waals surface area (Å²) in [5, 5.41) is 0. The second kappa shape index (κ2) is 5.01. The van der Waals surface area contributed by atoms with E-state index in [4.69, 9.17) is 4.74 Å². The topological polar surface area (TPSA) is 9.23 Å². The van der Waals surface area contributed by atoms with Crippen molar-refractivity contribution in [3.63, 3.8) is 0 Å². The zero-order valence-corrected chi connectivity index (χ0v) is 11.7. The van der Waals surface area contributed by atoms with Gasteiger partial charge in [-0.3, -0.25) is 0 Å². The number of benzene rings is 1. The standard InChI is InChI=1S/C17H22O/c1-13(2)17(3,14-9-5-6-10-14)15-11-7-8-12-16(15)18-4/h5-14H,1-4H3. The van der Waals surface area contributed by atoms with E-state index < -0.39 is 0 Å². The van der Waals surface area contributed by atoms with E-state index in [0.717, 1.165) is 5.75 Å². The molecule has 1 heteroatoms. The molecule has 18 heavy (non-hydrogen) atoms. The molecule has 2 rings (SSSR count). The number of hydrogen-bond donors (Lipinski definition) is 0. The summed E-state index contributed by atoms with van der Waals surface area (Å²) in [6.45, 7) is 6.90. The normalized spacial score (nSPS) is 18.3. The number of methoxy groups -OCH3 is 1. The Bertz CT molecular complexity index is 458. The van der Waals surface area contributed by atoms with Crippen LogP contribution in [0.1, 0.15) is 26.3 Å². The Labute approximate surface area is 110 Å². The van der Waals surface area contributed by atoms with Gasteiger partial charge >= 0.3 is 0 Å². The Morgan fingerprint density at radius 1 is 1.11 bits per heavy atom. The molecular weight excluding hydrogens is 220 g/mol. The van der Waals surface area contributed by atoms with E-state index in [1.165, 1.54) is 5.56 Å². The minimum atomic E-state index is 0.0656. The molecule has 0 spiro atoms. The Morgan fingerprint density at radius 2 is 1.72 bits per heavy atom. The van der Waals surface area contributed by atoms with E-state index in [-0.39, 0.29) is 5.41 Å². The van der Waals surface area contributed by atoms with Crippen LogP contribution in [0.4, 0.5) is 0 Å². The van der Waals surface area contributed by atoms with E-state index in [0.29, 0.717) is 11.8 Å². The zero-order chi connectivity index (χ0) is 13.2. The summed E-state index contributed by atoms with van der Waals surface area (Å²) in [6.07, 6.45) is 8.85. The zero-order valence-electron chi connectivity index (χ0n) is 11.7. The van der Waals surface area contributed by atoms with Gasteiger partial charge in [-0.15, -0.1) is 0 Å². The lowest BCUT2D eigenvalue weighted by Gasteiger charge is -2.39. The third kappa shape index (κ3) is 1.98. The average molecular weight is 242 g/mol. The molecule has 0 fully saturated rings. The molecule has 0 aliphatic heterocycles. The van der Waals surface area contributed by atoms with Gasteiger partial charge < -0.3 is 4.74 Å². The smallest absolute Gasteiger partial charge is 0.122 e. The van der Waals surface area contributed by atoms with Gasteiger partial charge in [0.05, 0.1) is 7.11 Å². The summed E-state index contributed by atoms with van der Waals surface area (Å²) < 4.78 is 5.55. The SMILES string of the molecule is COc1ccccc1C(C)(C(C)C)C1C=CC=C1. The first-order valence-corrected chi connectivity index (χ1v) is 6.59. The van der Waals surface area contributed by atoms with Crippen molar-refractivity contribution in [2.24, 2.45) is 11.8 Å². The molecule has 0 saturated carbocycles. The van der Waals surface area contributed by atoms with Gasteiger partial charge in [0.1, 0.15) is 5.75 Å². The Morgan fingerprint density at radius 3 is 2.28 bits per heavy atom. The molecule has 0 radical (unpaired) electrons. The first kappa shape index (κ1) is 12.9. The lowest BCUT2D eigenvalue weighted by molar-refractivity contribution is 0.276. The van der Waals surface area contributed by atoms with Crippen LogP contribution in [0.5, 0.6) is 5.75 Å². The van der Waals surface area contributed by atoms with Crippen LogP contribution in [0.25, 0.3) is 0 Å². The number of allylic oxidation sites excluding steroid dienone is 4. The summed E-state index contributed by atoms with van der Waals surface area (Å²) in [5.74, 6) is 1.96. The molecule has 1 aliphatic rings. The second-order valence-electron chi connectivity index (χ2n) is 5.43. The van der Waals surface area contributed by atoms with Crippen molar-refractivity contribution in [2.75, 3.05) is 7.11 Å². The van der Waals surface area contributed by atoms with Gasteiger partial charge in [0, 0.05) is 16.9 Å². The highest BCUT2D eigenvalue weighted by molar-refractivity contribution is 5.43. The van der Waals surface area contributed by atoms with E-state index in [1.54, 1.807) is 7.11 Å². The number of ether oxygens (including phenoxy) is 1. The maximum absolute atomic E-state index is 5.55. The first-order valence-electron chi connectivity index (χ1n) is 6.59. The van der Waals surface area contributed by atoms with Crippen LogP contribution in [-0.4, -0.2) is 7.11 Å². The third-order valence-electron chi connectivity index (χ3n) is 4.33. The van der Waals surface area contributed by atoms with E-state index in [9.17, 15) is 0 Å². The number of hydrogen-bond acceptors (Lipinski definition) is 1. The Balaban J connectivity index is 2.53. The highest BCUT2D eigenvalue weighted by atomic mass is 16.5. The molecule has 96 valence electrons. The van der Waals surface area contributed by atoms with Crippen LogP contribution in [0.2, 0.25) is 0 Å². The van der Waals surface area contributed by atoms with Crippen LogP contribution >= 0.6 is 0 Å². The Kier molecular flexibility index (Phi) is 3.60. The van der Waals surface area contributed by atoms with Crippen LogP contribution in [0, 0.1) is 11.8 Å². The van der Waals surface area contributed by atoms with Crippen LogP contribution in [0.15, 0.2) is 48.6 Å². The predicted molar refractivity (Wildman–Crippen MR) is 77.0 cm³/mol. The van der Waals surface area contributed by atoms with Gasteiger partial charge in [-0.2, -0.15) is 0 Å². The maximum Gasteiger partial charge on any atom is 0.122 e. The molecule has 0 bridgehead atoms. The molecule has 1 unspecified atom stereocenters. The molecular formula is C17H22O. The lowest BCUT2D eigenvalue weighted by atomic mass is 9.65. The van der Waals surface area contributed by atoms with Gasteiger partial charge in [0.15, 0.2) is 0 Å². The molecule has 0 N–H and O–H groups in total. The van der Waals surface area contributed by atoms with Crippen molar-refractivity contribution in [2.45, 2.75) is 26.2 Å². The van der Waals surface area contributed by atoms with E-state index >= 15 is 0 Å². The van der Waals surface area contributed by atoms with Crippen molar-refractivity contribution in [1.29, 1.82) is 0 Å². The molecule has 1 aromatic carbocycles. The first-order chi connectivity index (χ1) is 8.60. The second-order valence-corrected chi connectivity index (χ2v) is 5.43. The summed E-state index contributed by atoms with van der Waals surface area (Å²) in [6, 6.07) is 8.38. The highest BCUT2D eigenvalue weighted by Crippen LogP contribution is 2.45. The van der Waals surface area contributed by atoms with Gasteiger partial charge in [0.2, 0.25) is 0 Å². The molecule has 1 atom stereocenters. The van der Waals surface area contributed by atoms with Gasteiger partial charge in [0.25, 0.3) is 0 Å². The average Bonchev–Trinajstić information content (AvgIpc) is 2.91. The minimum absolute atomic E-state index is 0.0656. The van der Waals surface area contributed by atoms with Crippen LogP contribution < -0.4 is 4.74 Å². The molecule has 1 aliphatic carbocycles. The van der Waals surface area contributed by atoms with Crippen molar-refractivity contribution >= 4 is 0 Å². The van der Waals surface area contributed by atoms with Crippen LogP contribution in [-0.2, 0) is 5.41 Å². The molecule has 1 nitrogen and oxygen atoms in total. The predicted octanol–water partition coefficient (Wildman–Crippen LogP) is 4.35. The van der Waals surface area contributed by atoms with E-state index in [1.807, 2.05) is 6.07 Å². The largest absolute Gasteiger partial charge is 0.496 e. The summed E-state index contributed by atoms with van der Waals surface area (Å²) in [4.78, 5) is 0. The lowest BCUT2D eigenvalue weighted by Crippen LogP contribution is -2.35. The summed E-state index contributed by atoms with van der Waals surface area (Å²) in [5.41, 5.74) is 1.36. The van der Waals surface area contributed by atoms with E-state index in [2.05, 4.69) is 63.3 Å². The third-order valence-corrected chi connectivity index (χ3v) is 4.33. The van der Waals surface area contributed by atoms with Gasteiger partial charge in [-0.25, -0.2) is 0 Å². The summed E-state index contributed by atoms with van der Waals surface area (Å²) >= 11 is 0. The number of para-hydroxylation sites is 1. The molecule has 0 heterocycles. The summed E-state index contributed by atoms with van der Waals surface area (Å²) in [7, 11) is 1.75. The minimum Gasteiger partial charge on any atom is -0.496 e.